The Morgan fingerprint density at radius 3 is 2.73 bits per heavy atom. The van der Waals surface area contributed by atoms with Gasteiger partial charge in [0.15, 0.2) is 5.82 Å². The van der Waals surface area contributed by atoms with Gasteiger partial charge in [0.05, 0.1) is 6.20 Å². The molecule has 0 radical (unpaired) electrons. The van der Waals surface area contributed by atoms with Crippen LogP contribution in [0.2, 0.25) is 0 Å². The topological polar surface area (TPSA) is 81.4 Å². The second-order valence-electron chi connectivity index (χ2n) is 4.59. The number of benzene rings is 1. The third-order valence-electron chi connectivity index (χ3n) is 3.14. The monoisotopic (exact) mass is 289 g/mol. The van der Waals surface area contributed by atoms with Crippen LogP contribution in [0.25, 0.3) is 17.0 Å². The lowest BCUT2D eigenvalue weighted by atomic mass is 10.3. The number of fused-ring (bicyclic) bond motifs is 1. The van der Waals surface area contributed by atoms with Gasteiger partial charge in [0, 0.05) is 18.1 Å². The van der Waals surface area contributed by atoms with E-state index in [9.17, 15) is 0 Å². The van der Waals surface area contributed by atoms with E-state index >= 15 is 0 Å². The predicted molar refractivity (Wildman–Crippen MR) is 82.0 cm³/mol. The van der Waals surface area contributed by atoms with Crippen molar-refractivity contribution in [1.29, 1.82) is 0 Å². The van der Waals surface area contributed by atoms with Crippen LogP contribution in [-0.2, 0) is 0 Å². The molecular weight excluding hydrogens is 278 g/mol. The SMILES string of the molecule is c1ccc(Nc2ncnc3cnc(-n4ccnc4)nc23)cc1. The Bertz CT molecular complexity index is 904. The molecule has 0 spiro atoms. The first-order chi connectivity index (χ1) is 10.9. The van der Waals surface area contributed by atoms with Gasteiger partial charge in [-0.05, 0) is 12.1 Å². The van der Waals surface area contributed by atoms with Crippen molar-refractivity contribution in [3.8, 4) is 5.95 Å². The second-order valence-corrected chi connectivity index (χ2v) is 4.59. The highest BCUT2D eigenvalue weighted by molar-refractivity contribution is 5.86. The number of hydrogen-bond donors (Lipinski definition) is 1. The summed E-state index contributed by atoms with van der Waals surface area (Å²) in [4.78, 5) is 21.3. The molecular formula is C15H11N7. The molecule has 0 unspecified atom stereocenters. The number of rotatable bonds is 3. The number of hydrogen-bond acceptors (Lipinski definition) is 6. The molecule has 22 heavy (non-hydrogen) atoms. The summed E-state index contributed by atoms with van der Waals surface area (Å²) < 4.78 is 1.73. The van der Waals surface area contributed by atoms with Gasteiger partial charge in [0.1, 0.15) is 23.7 Å². The van der Waals surface area contributed by atoms with Crippen LogP contribution in [0.4, 0.5) is 11.5 Å². The van der Waals surface area contributed by atoms with Crippen molar-refractivity contribution in [3.05, 3.63) is 61.6 Å². The zero-order valence-electron chi connectivity index (χ0n) is 11.5. The molecule has 0 fully saturated rings. The molecule has 3 heterocycles. The van der Waals surface area contributed by atoms with Crippen LogP contribution in [0.5, 0.6) is 0 Å². The van der Waals surface area contributed by atoms with Crippen molar-refractivity contribution in [3.63, 3.8) is 0 Å². The molecule has 0 aliphatic rings. The normalized spacial score (nSPS) is 10.7. The molecule has 7 heteroatoms. The Balaban J connectivity index is 1.82. The average Bonchev–Trinajstić information content (AvgIpc) is 3.10. The Hall–Kier alpha value is -3.35. The van der Waals surface area contributed by atoms with E-state index in [1.165, 1.54) is 6.33 Å². The lowest BCUT2D eigenvalue weighted by Crippen LogP contribution is -2.02. The third kappa shape index (κ3) is 2.24. The number of aromatic nitrogens is 6. The van der Waals surface area contributed by atoms with Crippen LogP contribution >= 0.6 is 0 Å². The second kappa shape index (κ2) is 5.21. The van der Waals surface area contributed by atoms with Gasteiger partial charge in [-0.2, -0.15) is 0 Å². The molecule has 0 saturated heterocycles. The first-order valence-electron chi connectivity index (χ1n) is 6.68. The molecule has 1 N–H and O–H groups in total. The first-order valence-corrected chi connectivity index (χ1v) is 6.68. The Morgan fingerprint density at radius 1 is 1.00 bits per heavy atom. The molecule has 4 aromatic rings. The minimum Gasteiger partial charge on any atom is -0.338 e. The van der Waals surface area contributed by atoms with E-state index in [0.717, 1.165) is 5.69 Å². The highest BCUT2D eigenvalue weighted by Gasteiger charge is 2.08. The van der Waals surface area contributed by atoms with E-state index in [1.54, 1.807) is 29.5 Å². The summed E-state index contributed by atoms with van der Waals surface area (Å²) in [6, 6.07) is 9.80. The van der Waals surface area contributed by atoms with E-state index in [4.69, 9.17) is 0 Å². The number of nitrogens with zero attached hydrogens (tertiary/aromatic N) is 6. The zero-order valence-corrected chi connectivity index (χ0v) is 11.5. The summed E-state index contributed by atoms with van der Waals surface area (Å²) in [6.07, 6.45) is 8.28. The molecule has 0 bridgehead atoms. The zero-order chi connectivity index (χ0) is 14.8. The summed E-state index contributed by atoms with van der Waals surface area (Å²) in [5, 5.41) is 3.25. The number of anilines is 2. The van der Waals surface area contributed by atoms with Crippen molar-refractivity contribution in [2.45, 2.75) is 0 Å². The predicted octanol–water partition coefficient (Wildman–Crippen LogP) is 2.35. The maximum Gasteiger partial charge on any atom is 0.235 e. The molecule has 0 atom stereocenters. The molecule has 0 aliphatic carbocycles. The minimum atomic E-state index is 0.524. The van der Waals surface area contributed by atoms with Gasteiger partial charge in [-0.1, -0.05) is 18.2 Å². The number of nitrogens with one attached hydrogen (secondary N) is 1. The van der Waals surface area contributed by atoms with Crippen LogP contribution in [-0.4, -0.2) is 29.5 Å². The first kappa shape index (κ1) is 12.4. The summed E-state index contributed by atoms with van der Waals surface area (Å²) in [6.45, 7) is 0. The summed E-state index contributed by atoms with van der Waals surface area (Å²) in [7, 11) is 0. The van der Waals surface area contributed by atoms with E-state index in [0.29, 0.717) is 22.8 Å². The van der Waals surface area contributed by atoms with Crippen molar-refractivity contribution in [1.82, 2.24) is 29.5 Å². The van der Waals surface area contributed by atoms with Crippen LogP contribution in [0.1, 0.15) is 0 Å². The van der Waals surface area contributed by atoms with E-state index in [2.05, 4.69) is 30.2 Å². The molecule has 7 nitrogen and oxygen atoms in total. The summed E-state index contributed by atoms with van der Waals surface area (Å²) in [5.74, 6) is 1.16. The smallest absolute Gasteiger partial charge is 0.235 e. The molecule has 0 aliphatic heterocycles. The summed E-state index contributed by atoms with van der Waals surface area (Å²) >= 11 is 0. The summed E-state index contributed by atoms with van der Waals surface area (Å²) in [5.41, 5.74) is 2.27. The molecule has 3 aromatic heterocycles. The maximum absolute atomic E-state index is 4.54. The van der Waals surface area contributed by atoms with E-state index < -0.39 is 0 Å². The average molecular weight is 289 g/mol. The fourth-order valence-corrected chi connectivity index (χ4v) is 2.10. The molecule has 0 amide bonds. The van der Waals surface area contributed by atoms with Gasteiger partial charge < -0.3 is 5.32 Å². The minimum absolute atomic E-state index is 0.524. The van der Waals surface area contributed by atoms with E-state index in [-0.39, 0.29) is 0 Å². The van der Waals surface area contributed by atoms with Crippen LogP contribution in [0.15, 0.2) is 61.6 Å². The van der Waals surface area contributed by atoms with Gasteiger partial charge >= 0.3 is 0 Å². The van der Waals surface area contributed by atoms with Gasteiger partial charge in [-0.25, -0.2) is 24.9 Å². The van der Waals surface area contributed by atoms with Crippen molar-refractivity contribution in [2.24, 2.45) is 0 Å². The fraction of sp³-hybridized carbons (Fsp3) is 0. The lowest BCUT2D eigenvalue weighted by molar-refractivity contribution is 0.936. The van der Waals surface area contributed by atoms with Gasteiger partial charge in [-0.15, -0.1) is 0 Å². The highest BCUT2D eigenvalue weighted by atomic mass is 15.2. The quantitative estimate of drug-likeness (QED) is 0.623. The van der Waals surface area contributed by atoms with Crippen molar-refractivity contribution in [2.75, 3.05) is 5.32 Å². The Kier molecular flexibility index (Phi) is 2.93. The molecule has 1 aromatic carbocycles. The maximum atomic E-state index is 4.54. The van der Waals surface area contributed by atoms with Crippen molar-refractivity contribution < 1.29 is 0 Å². The van der Waals surface area contributed by atoms with Crippen LogP contribution < -0.4 is 5.32 Å². The standard InChI is InChI=1S/C15H11N7/c1-2-4-11(5-3-1)20-14-13-12(18-9-19-14)8-17-15(21-13)22-7-6-16-10-22/h1-10H,(H,18,19,20). The molecule has 4 rings (SSSR count). The number of para-hydroxylation sites is 1. The Morgan fingerprint density at radius 2 is 1.91 bits per heavy atom. The third-order valence-corrected chi connectivity index (χ3v) is 3.14. The van der Waals surface area contributed by atoms with Gasteiger partial charge in [-0.3, -0.25) is 4.57 Å². The van der Waals surface area contributed by atoms with E-state index in [1.807, 2.05) is 30.3 Å². The van der Waals surface area contributed by atoms with Gasteiger partial charge in [0.25, 0.3) is 0 Å². The van der Waals surface area contributed by atoms with Crippen LogP contribution in [0.3, 0.4) is 0 Å². The highest BCUT2D eigenvalue weighted by Crippen LogP contribution is 2.21. The van der Waals surface area contributed by atoms with Crippen molar-refractivity contribution >= 4 is 22.5 Å². The fourth-order valence-electron chi connectivity index (χ4n) is 2.10. The molecule has 0 saturated carbocycles. The molecule has 106 valence electrons. The van der Waals surface area contributed by atoms with Gasteiger partial charge in [0.2, 0.25) is 5.95 Å². The lowest BCUT2D eigenvalue weighted by Gasteiger charge is -2.08. The Labute approximate surface area is 125 Å². The number of imidazole rings is 1. The van der Waals surface area contributed by atoms with Crippen LogP contribution in [0, 0.1) is 0 Å². The largest absolute Gasteiger partial charge is 0.338 e.